The number of esters is 1. The number of hydrogen-bond donors (Lipinski definition) is 0. The third-order valence-electron chi connectivity index (χ3n) is 1.53. The molecule has 0 N–H and O–H groups in total. The monoisotopic (exact) mass is 239 g/mol. The average Bonchev–Trinajstić information content (AvgIpc) is 2.14. The Morgan fingerprint density at radius 1 is 1.53 bits per heavy atom. The second-order valence-electron chi connectivity index (χ2n) is 2.54. The fourth-order valence-electron chi connectivity index (χ4n) is 0.876. The van der Waals surface area contributed by atoms with Crippen molar-refractivity contribution in [1.82, 2.24) is 4.98 Å². The molecular formula is C8H5ClF3NO2. The molecule has 0 spiro atoms. The Hall–Kier alpha value is -1.30. The lowest BCUT2D eigenvalue weighted by Crippen LogP contribution is -2.11. The lowest BCUT2D eigenvalue weighted by atomic mass is 10.2. The third-order valence-corrected chi connectivity index (χ3v) is 1.82. The summed E-state index contributed by atoms with van der Waals surface area (Å²) in [5, 5.41) is -0.634. The van der Waals surface area contributed by atoms with Crippen molar-refractivity contribution >= 4 is 17.6 Å². The summed E-state index contributed by atoms with van der Waals surface area (Å²) < 4.78 is 40.9. The standard InChI is InChI=1S/C8H5ClF3NO2/c1-15-7(14)4-2-5(9)6(13-3-4)8(10,11)12/h2-3H,1H3. The molecule has 1 heterocycles. The van der Waals surface area contributed by atoms with Crippen molar-refractivity contribution in [2.75, 3.05) is 7.11 Å². The summed E-state index contributed by atoms with van der Waals surface area (Å²) in [5.41, 5.74) is -1.35. The molecule has 0 saturated carbocycles. The minimum Gasteiger partial charge on any atom is -0.465 e. The fraction of sp³-hybridized carbons (Fsp3) is 0.250. The van der Waals surface area contributed by atoms with Crippen LogP contribution in [0.25, 0.3) is 0 Å². The number of ether oxygens (including phenoxy) is 1. The first-order valence-electron chi connectivity index (χ1n) is 3.67. The summed E-state index contributed by atoms with van der Waals surface area (Å²) in [6, 6.07) is 0.864. The molecule has 1 rings (SSSR count). The number of halogens is 4. The summed E-state index contributed by atoms with van der Waals surface area (Å²) in [6.07, 6.45) is -3.87. The van der Waals surface area contributed by atoms with Crippen molar-refractivity contribution in [3.05, 3.63) is 28.5 Å². The SMILES string of the molecule is COC(=O)c1cnc(C(F)(F)F)c(Cl)c1. The number of rotatable bonds is 1. The molecule has 1 aromatic heterocycles. The van der Waals surface area contributed by atoms with Crippen LogP contribution in [0.2, 0.25) is 5.02 Å². The first-order valence-corrected chi connectivity index (χ1v) is 4.05. The number of nitrogens with zero attached hydrogens (tertiary/aromatic N) is 1. The van der Waals surface area contributed by atoms with E-state index in [0.717, 1.165) is 19.4 Å². The summed E-state index contributed by atoms with van der Waals surface area (Å²) in [7, 11) is 1.11. The van der Waals surface area contributed by atoms with Crippen LogP contribution in [0.5, 0.6) is 0 Å². The number of carbonyl (C=O) groups is 1. The average molecular weight is 240 g/mol. The quantitative estimate of drug-likeness (QED) is 0.707. The van der Waals surface area contributed by atoms with Crippen LogP contribution in [0.15, 0.2) is 12.3 Å². The van der Waals surface area contributed by atoms with E-state index in [0.29, 0.717) is 0 Å². The predicted octanol–water partition coefficient (Wildman–Crippen LogP) is 2.54. The molecule has 0 amide bonds. The Morgan fingerprint density at radius 3 is 2.53 bits per heavy atom. The van der Waals surface area contributed by atoms with E-state index < -0.39 is 22.9 Å². The normalized spacial score (nSPS) is 11.3. The second-order valence-corrected chi connectivity index (χ2v) is 2.95. The van der Waals surface area contributed by atoms with Crippen molar-refractivity contribution in [2.24, 2.45) is 0 Å². The number of carbonyl (C=O) groups excluding carboxylic acids is 1. The van der Waals surface area contributed by atoms with E-state index in [4.69, 9.17) is 11.6 Å². The maximum Gasteiger partial charge on any atom is 0.434 e. The second kappa shape index (κ2) is 4.06. The molecule has 0 aromatic carbocycles. The highest BCUT2D eigenvalue weighted by Gasteiger charge is 2.35. The van der Waals surface area contributed by atoms with Crippen molar-refractivity contribution in [3.8, 4) is 0 Å². The maximum absolute atomic E-state index is 12.2. The van der Waals surface area contributed by atoms with Crippen LogP contribution in [0.1, 0.15) is 16.1 Å². The summed E-state index contributed by atoms with van der Waals surface area (Å²) >= 11 is 5.32. The van der Waals surface area contributed by atoms with Gasteiger partial charge in [0, 0.05) is 6.20 Å². The summed E-state index contributed by atoms with van der Waals surface area (Å²) in [4.78, 5) is 14.0. The Kier molecular flexibility index (Phi) is 3.18. The van der Waals surface area contributed by atoms with E-state index in [1.54, 1.807) is 0 Å². The highest BCUT2D eigenvalue weighted by Crippen LogP contribution is 2.33. The summed E-state index contributed by atoms with van der Waals surface area (Å²) in [5.74, 6) is -0.793. The summed E-state index contributed by atoms with van der Waals surface area (Å²) in [6.45, 7) is 0. The molecule has 15 heavy (non-hydrogen) atoms. The van der Waals surface area contributed by atoms with Gasteiger partial charge in [-0.05, 0) is 6.07 Å². The Balaban J connectivity index is 3.15. The van der Waals surface area contributed by atoms with E-state index in [9.17, 15) is 18.0 Å². The van der Waals surface area contributed by atoms with Crippen LogP contribution >= 0.6 is 11.6 Å². The van der Waals surface area contributed by atoms with Crippen LogP contribution in [0, 0.1) is 0 Å². The Morgan fingerprint density at radius 2 is 2.13 bits per heavy atom. The molecule has 0 unspecified atom stereocenters. The molecule has 3 nitrogen and oxygen atoms in total. The number of pyridine rings is 1. The molecule has 82 valence electrons. The Bertz CT molecular complexity index is 392. The fourth-order valence-corrected chi connectivity index (χ4v) is 1.15. The molecule has 7 heteroatoms. The van der Waals surface area contributed by atoms with Gasteiger partial charge >= 0.3 is 12.1 Å². The predicted molar refractivity (Wildman–Crippen MR) is 45.6 cm³/mol. The lowest BCUT2D eigenvalue weighted by Gasteiger charge is -2.08. The van der Waals surface area contributed by atoms with E-state index in [1.165, 1.54) is 0 Å². The molecule has 0 saturated heterocycles. The van der Waals surface area contributed by atoms with E-state index in [2.05, 4.69) is 9.72 Å². The van der Waals surface area contributed by atoms with Gasteiger partial charge in [-0.15, -0.1) is 0 Å². The van der Waals surface area contributed by atoms with Crippen molar-refractivity contribution < 1.29 is 22.7 Å². The van der Waals surface area contributed by atoms with Crippen LogP contribution in [0.3, 0.4) is 0 Å². The zero-order chi connectivity index (χ0) is 11.6. The zero-order valence-electron chi connectivity index (χ0n) is 7.43. The molecule has 0 aliphatic rings. The molecule has 0 atom stereocenters. The third kappa shape index (κ3) is 2.59. The van der Waals surface area contributed by atoms with Crippen molar-refractivity contribution in [2.45, 2.75) is 6.18 Å². The van der Waals surface area contributed by atoms with Gasteiger partial charge in [0.1, 0.15) is 0 Å². The number of alkyl halides is 3. The van der Waals surface area contributed by atoms with Gasteiger partial charge in [-0.3, -0.25) is 0 Å². The minimum atomic E-state index is -4.63. The first kappa shape index (κ1) is 11.8. The molecular weight excluding hydrogens is 235 g/mol. The van der Waals surface area contributed by atoms with Gasteiger partial charge in [0.15, 0.2) is 5.69 Å². The number of aromatic nitrogens is 1. The van der Waals surface area contributed by atoms with Gasteiger partial charge in [-0.1, -0.05) is 11.6 Å². The largest absolute Gasteiger partial charge is 0.465 e. The highest BCUT2D eigenvalue weighted by molar-refractivity contribution is 6.31. The van der Waals surface area contributed by atoms with Gasteiger partial charge in [0.25, 0.3) is 0 Å². The minimum absolute atomic E-state index is 0.129. The topological polar surface area (TPSA) is 39.2 Å². The maximum atomic E-state index is 12.2. The molecule has 0 aliphatic heterocycles. The van der Waals surface area contributed by atoms with Crippen LogP contribution in [-0.4, -0.2) is 18.1 Å². The van der Waals surface area contributed by atoms with Gasteiger partial charge < -0.3 is 4.74 Å². The van der Waals surface area contributed by atoms with Gasteiger partial charge in [-0.25, -0.2) is 9.78 Å². The molecule has 0 fully saturated rings. The van der Waals surface area contributed by atoms with E-state index in [-0.39, 0.29) is 5.56 Å². The number of hydrogen-bond acceptors (Lipinski definition) is 3. The molecule has 0 aliphatic carbocycles. The van der Waals surface area contributed by atoms with Gasteiger partial charge in [-0.2, -0.15) is 13.2 Å². The zero-order valence-corrected chi connectivity index (χ0v) is 8.19. The first-order chi connectivity index (χ1) is 6.86. The Labute approximate surface area is 87.8 Å². The smallest absolute Gasteiger partial charge is 0.434 e. The highest BCUT2D eigenvalue weighted by atomic mass is 35.5. The van der Waals surface area contributed by atoms with Crippen LogP contribution in [0.4, 0.5) is 13.2 Å². The number of methoxy groups -OCH3 is 1. The molecule has 0 bridgehead atoms. The van der Waals surface area contributed by atoms with E-state index in [1.807, 2.05) is 0 Å². The van der Waals surface area contributed by atoms with Crippen molar-refractivity contribution in [1.29, 1.82) is 0 Å². The van der Waals surface area contributed by atoms with Gasteiger partial charge in [0.05, 0.1) is 17.7 Å². The van der Waals surface area contributed by atoms with Gasteiger partial charge in [0.2, 0.25) is 0 Å². The van der Waals surface area contributed by atoms with Crippen LogP contribution < -0.4 is 0 Å². The van der Waals surface area contributed by atoms with Crippen LogP contribution in [-0.2, 0) is 10.9 Å². The molecule has 0 radical (unpaired) electrons. The molecule has 1 aromatic rings. The van der Waals surface area contributed by atoms with Crippen molar-refractivity contribution in [3.63, 3.8) is 0 Å². The lowest BCUT2D eigenvalue weighted by molar-refractivity contribution is -0.141. The van der Waals surface area contributed by atoms with E-state index >= 15 is 0 Å².